The topological polar surface area (TPSA) is 102 Å². The third kappa shape index (κ3) is 3.46. The average molecular weight is 383 g/mol. The van der Waals surface area contributed by atoms with Gasteiger partial charge < -0.3 is 16.0 Å². The lowest BCUT2D eigenvalue weighted by Gasteiger charge is -2.06. The summed E-state index contributed by atoms with van der Waals surface area (Å²) in [6.45, 7) is 1.57. The van der Waals surface area contributed by atoms with Gasteiger partial charge in [0.1, 0.15) is 11.7 Å². The molecule has 0 spiro atoms. The Morgan fingerprint density at radius 1 is 1.18 bits per heavy atom. The van der Waals surface area contributed by atoms with Gasteiger partial charge in [-0.2, -0.15) is 10.1 Å². The van der Waals surface area contributed by atoms with Gasteiger partial charge in [0, 0.05) is 44.2 Å². The first-order chi connectivity index (χ1) is 13.5. The van der Waals surface area contributed by atoms with Crippen LogP contribution in [0, 0.1) is 0 Å². The first kappa shape index (κ1) is 18.1. The molecule has 0 bridgehead atoms. The van der Waals surface area contributed by atoms with Crippen molar-refractivity contribution in [1.29, 1.82) is 0 Å². The van der Waals surface area contributed by atoms with Crippen LogP contribution in [-0.2, 0) is 0 Å². The van der Waals surface area contributed by atoms with E-state index in [1.54, 1.807) is 22.3 Å². The van der Waals surface area contributed by atoms with Gasteiger partial charge in [-0.1, -0.05) is 0 Å². The van der Waals surface area contributed by atoms with Gasteiger partial charge >= 0.3 is 0 Å². The van der Waals surface area contributed by atoms with Crippen molar-refractivity contribution in [3.63, 3.8) is 0 Å². The van der Waals surface area contributed by atoms with Gasteiger partial charge in [-0.3, -0.25) is 0 Å². The van der Waals surface area contributed by atoms with Crippen molar-refractivity contribution in [1.82, 2.24) is 34.1 Å². The summed E-state index contributed by atoms with van der Waals surface area (Å²) in [6.07, 6.45) is 5.61. The van der Waals surface area contributed by atoms with Gasteiger partial charge in [0.05, 0.1) is 11.9 Å². The average Bonchev–Trinajstić information content (AvgIpc) is 3.40. The zero-order valence-electron chi connectivity index (χ0n) is 15.7. The number of nitrogens with two attached hydrogens (primary N) is 1. The monoisotopic (exact) mass is 383 g/mol. The van der Waals surface area contributed by atoms with Crippen molar-refractivity contribution >= 4 is 22.9 Å². The van der Waals surface area contributed by atoms with Crippen LogP contribution in [0.15, 0.2) is 36.8 Å². The van der Waals surface area contributed by atoms with Crippen LogP contribution in [0.2, 0.25) is 0 Å². The van der Waals surface area contributed by atoms with E-state index in [-0.39, 0.29) is 5.95 Å². The first-order valence-corrected chi connectivity index (χ1v) is 9.01. The Morgan fingerprint density at radius 2 is 2.00 bits per heavy atom. The highest BCUT2D eigenvalue weighted by Crippen LogP contribution is 2.28. The molecule has 4 aromatic heterocycles. The second-order valence-electron chi connectivity index (χ2n) is 6.69. The summed E-state index contributed by atoms with van der Waals surface area (Å²) < 4.78 is 15.6. The Balaban J connectivity index is 0.000000233. The molecule has 1 aliphatic heterocycles. The Kier molecular flexibility index (Phi) is 4.78. The summed E-state index contributed by atoms with van der Waals surface area (Å²) in [5, 5.41) is 11.4. The highest BCUT2D eigenvalue weighted by atomic mass is 19.1. The standard InChI is InChI=1S/C13H12N8.C5H10FN/c1-15-12-11-8(3-6-21(11)19-13(14)18-12)9-4-7-20-10(17-9)2-5-16-20;1-7-3-2-5(6)4-7/h2-7H,1H3,(H3,14,15,18,19);5H,2-4H2,1H3/t;5-/m.0/s1. The van der Waals surface area contributed by atoms with Gasteiger partial charge in [0.15, 0.2) is 11.5 Å². The highest BCUT2D eigenvalue weighted by molar-refractivity contribution is 5.87. The van der Waals surface area contributed by atoms with Crippen LogP contribution >= 0.6 is 0 Å². The van der Waals surface area contributed by atoms with Gasteiger partial charge in [-0.05, 0) is 25.6 Å². The zero-order chi connectivity index (χ0) is 19.7. The lowest BCUT2D eigenvalue weighted by atomic mass is 10.2. The number of anilines is 2. The Morgan fingerprint density at radius 3 is 2.68 bits per heavy atom. The summed E-state index contributed by atoms with van der Waals surface area (Å²) in [6, 6.07) is 5.71. The van der Waals surface area contributed by atoms with E-state index in [4.69, 9.17) is 5.73 Å². The molecule has 3 N–H and O–H groups in total. The maximum absolute atomic E-state index is 12.1. The van der Waals surface area contributed by atoms with Gasteiger partial charge in [-0.25, -0.2) is 18.4 Å². The minimum atomic E-state index is -0.551. The van der Waals surface area contributed by atoms with Crippen molar-refractivity contribution < 1.29 is 4.39 Å². The molecule has 0 amide bonds. The van der Waals surface area contributed by atoms with E-state index < -0.39 is 6.17 Å². The second-order valence-corrected chi connectivity index (χ2v) is 6.69. The molecule has 1 fully saturated rings. The fourth-order valence-electron chi connectivity index (χ4n) is 3.27. The molecule has 1 atom stereocenters. The van der Waals surface area contributed by atoms with Crippen LogP contribution in [-0.4, -0.2) is 67.5 Å². The first-order valence-electron chi connectivity index (χ1n) is 9.01. The summed E-state index contributed by atoms with van der Waals surface area (Å²) in [7, 11) is 3.74. The van der Waals surface area contributed by atoms with Crippen LogP contribution in [0.3, 0.4) is 0 Å². The van der Waals surface area contributed by atoms with Crippen molar-refractivity contribution in [3.05, 3.63) is 36.8 Å². The molecular weight excluding hydrogens is 361 g/mol. The van der Waals surface area contributed by atoms with E-state index in [1.165, 1.54) is 0 Å². The molecule has 9 nitrogen and oxygen atoms in total. The van der Waals surface area contributed by atoms with E-state index in [1.807, 2.05) is 42.5 Å². The minimum Gasteiger partial charge on any atom is -0.371 e. The molecule has 5 heterocycles. The van der Waals surface area contributed by atoms with E-state index in [0.717, 1.165) is 35.4 Å². The molecule has 146 valence electrons. The fourth-order valence-corrected chi connectivity index (χ4v) is 3.27. The van der Waals surface area contributed by atoms with E-state index >= 15 is 0 Å². The third-order valence-corrected chi connectivity index (χ3v) is 4.63. The quantitative estimate of drug-likeness (QED) is 0.543. The lowest BCUT2D eigenvalue weighted by molar-refractivity contribution is 0.321. The smallest absolute Gasteiger partial charge is 0.240 e. The number of nitrogen functional groups attached to an aromatic ring is 1. The van der Waals surface area contributed by atoms with Gasteiger partial charge in [0.25, 0.3) is 0 Å². The predicted molar refractivity (Wildman–Crippen MR) is 106 cm³/mol. The van der Waals surface area contributed by atoms with E-state index in [9.17, 15) is 4.39 Å². The Bertz CT molecular complexity index is 1100. The Labute approximate surface area is 161 Å². The Hall–Kier alpha value is -3.27. The minimum absolute atomic E-state index is 0.216. The number of rotatable bonds is 2. The van der Waals surface area contributed by atoms with Gasteiger partial charge in [-0.15, -0.1) is 5.10 Å². The molecule has 0 aromatic carbocycles. The number of hydrogen-bond donors (Lipinski definition) is 2. The van der Waals surface area contributed by atoms with Crippen molar-refractivity contribution in [3.8, 4) is 11.3 Å². The number of likely N-dealkylation sites (tertiary alicyclic amines) is 1. The molecule has 0 radical (unpaired) electrons. The maximum atomic E-state index is 12.1. The summed E-state index contributed by atoms with van der Waals surface area (Å²) in [5.74, 6) is 0.880. The summed E-state index contributed by atoms with van der Waals surface area (Å²) in [4.78, 5) is 10.8. The predicted octanol–water partition coefficient (Wildman–Crippen LogP) is 1.72. The molecule has 4 aromatic rings. The molecule has 1 aliphatic rings. The molecular formula is C18H22FN9. The third-order valence-electron chi connectivity index (χ3n) is 4.63. The molecule has 28 heavy (non-hydrogen) atoms. The van der Waals surface area contributed by atoms with Crippen LogP contribution in [0.5, 0.6) is 0 Å². The number of nitrogens with zero attached hydrogens (tertiary/aromatic N) is 7. The fraction of sp³-hybridized carbons (Fsp3) is 0.333. The molecule has 0 saturated carbocycles. The highest BCUT2D eigenvalue weighted by Gasteiger charge is 2.17. The number of aromatic nitrogens is 6. The van der Waals surface area contributed by atoms with Crippen LogP contribution in [0.25, 0.3) is 22.4 Å². The lowest BCUT2D eigenvalue weighted by Crippen LogP contribution is -2.13. The van der Waals surface area contributed by atoms with Crippen molar-refractivity contribution in [2.75, 3.05) is 38.2 Å². The van der Waals surface area contributed by atoms with Crippen molar-refractivity contribution in [2.45, 2.75) is 12.6 Å². The molecule has 5 rings (SSSR count). The molecule has 0 unspecified atom stereocenters. The normalized spacial score (nSPS) is 17.0. The maximum Gasteiger partial charge on any atom is 0.240 e. The number of alkyl halides is 1. The molecule has 10 heteroatoms. The van der Waals surface area contributed by atoms with E-state index in [0.29, 0.717) is 12.4 Å². The summed E-state index contributed by atoms with van der Waals surface area (Å²) >= 11 is 0. The van der Waals surface area contributed by atoms with Gasteiger partial charge in [0.2, 0.25) is 5.95 Å². The molecule has 0 aliphatic carbocycles. The summed E-state index contributed by atoms with van der Waals surface area (Å²) in [5.41, 5.74) is 9.08. The number of halogens is 1. The van der Waals surface area contributed by atoms with Crippen molar-refractivity contribution in [2.24, 2.45) is 0 Å². The number of fused-ring (bicyclic) bond motifs is 2. The largest absolute Gasteiger partial charge is 0.371 e. The second kappa shape index (κ2) is 7.39. The zero-order valence-corrected chi connectivity index (χ0v) is 15.7. The number of nitrogens with one attached hydrogen (secondary N) is 1. The van der Waals surface area contributed by atoms with Crippen LogP contribution in [0.1, 0.15) is 6.42 Å². The van der Waals surface area contributed by atoms with Crippen LogP contribution < -0.4 is 11.1 Å². The molecule has 1 saturated heterocycles. The van der Waals surface area contributed by atoms with E-state index in [2.05, 4.69) is 25.5 Å². The number of hydrogen-bond acceptors (Lipinski definition) is 7. The SMILES string of the molecule is CN1CC[C@H](F)C1.CNc1nc(N)nn2ccc(-c3ccn4nccc4n3)c12. The van der Waals surface area contributed by atoms with Crippen LogP contribution in [0.4, 0.5) is 16.2 Å².